The van der Waals surface area contributed by atoms with E-state index in [4.69, 9.17) is 11.6 Å². The van der Waals surface area contributed by atoms with Gasteiger partial charge in [0.05, 0.1) is 6.00 Å². The van der Waals surface area contributed by atoms with Gasteiger partial charge in [-0.05, 0) is 30.0 Å². The minimum atomic E-state index is 0.528. The summed E-state index contributed by atoms with van der Waals surface area (Å²) in [7, 11) is 1.98. The van der Waals surface area contributed by atoms with Crippen molar-refractivity contribution in [1.82, 2.24) is 0 Å². The Balaban J connectivity index is 2.69. The number of anilines is 1. The van der Waals surface area contributed by atoms with Gasteiger partial charge in [-0.1, -0.05) is 6.92 Å². The molecule has 3 heteroatoms. The second kappa shape index (κ2) is 5.40. The third-order valence-corrected chi connectivity index (χ3v) is 3.02. The predicted molar refractivity (Wildman–Crippen MR) is 62.0 cm³/mol. The van der Waals surface area contributed by atoms with Crippen molar-refractivity contribution in [2.75, 3.05) is 23.7 Å². The smallest absolute Gasteiger partial charge is 0.0925 e. The minimum Gasteiger partial charge on any atom is -0.361 e. The summed E-state index contributed by atoms with van der Waals surface area (Å²) < 4.78 is 0. The van der Waals surface area contributed by atoms with Gasteiger partial charge in [-0.25, -0.2) is 0 Å². The highest BCUT2D eigenvalue weighted by molar-refractivity contribution is 7.99. The Morgan fingerprint density at radius 1 is 1.31 bits per heavy atom. The number of hydrogen-bond acceptors (Lipinski definition) is 2. The molecule has 1 nitrogen and oxygen atoms in total. The van der Waals surface area contributed by atoms with Gasteiger partial charge in [0.15, 0.2) is 0 Å². The minimum absolute atomic E-state index is 0.528. The van der Waals surface area contributed by atoms with Crippen molar-refractivity contribution in [2.24, 2.45) is 0 Å². The van der Waals surface area contributed by atoms with Gasteiger partial charge >= 0.3 is 0 Å². The summed E-state index contributed by atoms with van der Waals surface area (Å²) >= 11 is 7.56. The van der Waals surface area contributed by atoms with Crippen molar-refractivity contribution in [2.45, 2.75) is 11.8 Å². The van der Waals surface area contributed by atoms with Crippen LogP contribution in [0.4, 0.5) is 5.69 Å². The zero-order chi connectivity index (χ0) is 9.68. The molecule has 0 N–H and O–H groups in total. The highest BCUT2D eigenvalue weighted by Gasteiger charge is 1.98. The third-order valence-electron chi connectivity index (χ3n) is 1.77. The van der Waals surface area contributed by atoms with Crippen LogP contribution in [0.2, 0.25) is 0 Å². The average Bonchev–Trinajstić information content (AvgIpc) is 2.18. The van der Waals surface area contributed by atoms with E-state index in [0.717, 1.165) is 11.4 Å². The van der Waals surface area contributed by atoms with Crippen molar-refractivity contribution in [3.05, 3.63) is 24.3 Å². The number of alkyl halides is 1. The van der Waals surface area contributed by atoms with Gasteiger partial charge in [-0.2, -0.15) is 0 Å². The summed E-state index contributed by atoms with van der Waals surface area (Å²) in [6.07, 6.45) is 0. The molecule has 0 spiro atoms. The topological polar surface area (TPSA) is 3.24 Å². The van der Waals surface area contributed by atoms with Crippen molar-refractivity contribution < 1.29 is 0 Å². The SMILES string of the molecule is CCSc1ccc(N(C)CCl)cc1. The van der Waals surface area contributed by atoms with Crippen LogP contribution in [0.15, 0.2) is 29.2 Å². The summed E-state index contributed by atoms with van der Waals surface area (Å²) in [5.74, 6) is 1.12. The fourth-order valence-corrected chi connectivity index (χ4v) is 1.83. The first-order valence-corrected chi connectivity index (χ1v) is 5.80. The summed E-state index contributed by atoms with van der Waals surface area (Å²) in [6, 6.07) is 8.99. The van der Waals surface area contributed by atoms with Gasteiger partial charge in [-0.15, -0.1) is 23.4 Å². The lowest BCUT2D eigenvalue weighted by Crippen LogP contribution is -2.13. The van der Waals surface area contributed by atoms with Gasteiger partial charge < -0.3 is 4.90 Å². The Morgan fingerprint density at radius 2 is 1.92 bits per heavy atom. The molecule has 0 aliphatic heterocycles. The van der Waals surface area contributed by atoms with Crippen LogP contribution in [0.5, 0.6) is 0 Å². The van der Waals surface area contributed by atoms with E-state index in [9.17, 15) is 0 Å². The molecule has 0 saturated carbocycles. The highest BCUT2D eigenvalue weighted by atomic mass is 35.5. The maximum absolute atomic E-state index is 5.71. The van der Waals surface area contributed by atoms with Gasteiger partial charge in [0.1, 0.15) is 0 Å². The standard InChI is InChI=1S/C10H14ClNS/c1-3-13-10-6-4-9(5-7-10)12(2)8-11/h4-7H,3,8H2,1-2H3. The lowest BCUT2D eigenvalue weighted by atomic mass is 10.3. The Kier molecular flexibility index (Phi) is 4.46. The second-order valence-electron chi connectivity index (χ2n) is 2.74. The average molecular weight is 216 g/mol. The van der Waals surface area contributed by atoms with Crippen molar-refractivity contribution >= 4 is 29.1 Å². The molecule has 0 aliphatic rings. The number of nitrogens with zero attached hydrogens (tertiary/aromatic N) is 1. The molecule has 0 fully saturated rings. The molecule has 0 saturated heterocycles. The third kappa shape index (κ3) is 3.12. The van der Waals surface area contributed by atoms with Crippen molar-refractivity contribution in [1.29, 1.82) is 0 Å². The molecule has 0 radical (unpaired) electrons. The molecule has 0 bridgehead atoms. The van der Waals surface area contributed by atoms with E-state index in [1.807, 2.05) is 23.7 Å². The van der Waals surface area contributed by atoms with E-state index < -0.39 is 0 Å². The summed E-state index contributed by atoms with van der Waals surface area (Å²) in [6.45, 7) is 2.16. The Morgan fingerprint density at radius 3 is 2.38 bits per heavy atom. The lowest BCUT2D eigenvalue weighted by molar-refractivity contribution is 1.09. The first-order chi connectivity index (χ1) is 6.27. The van der Waals surface area contributed by atoms with Crippen LogP contribution in [0.1, 0.15) is 6.92 Å². The molecule has 0 aromatic heterocycles. The van der Waals surface area contributed by atoms with Crippen LogP contribution in [0, 0.1) is 0 Å². The summed E-state index contributed by atoms with van der Waals surface area (Å²) in [5.41, 5.74) is 1.16. The van der Waals surface area contributed by atoms with Crippen LogP contribution >= 0.6 is 23.4 Å². The molecule has 0 heterocycles. The van der Waals surface area contributed by atoms with Crippen LogP contribution in [0.3, 0.4) is 0 Å². The zero-order valence-corrected chi connectivity index (χ0v) is 9.53. The number of thioether (sulfide) groups is 1. The van der Waals surface area contributed by atoms with E-state index in [1.54, 1.807) is 0 Å². The molecule has 72 valence electrons. The van der Waals surface area contributed by atoms with E-state index >= 15 is 0 Å². The van der Waals surface area contributed by atoms with Gasteiger partial charge in [0, 0.05) is 17.6 Å². The normalized spacial score (nSPS) is 10.1. The van der Waals surface area contributed by atoms with E-state index in [2.05, 4.69) is 31.2 Å². The van der Waals surface area contributed by atoms with Gasteiger partial charge in [0.25, 0.3) is 0 Å². The lowest BCUT2D eigenvalue weighted by Gasteiger charge is -2.15. The molecule has 1 aromatic rings. The molecule has 1 aromatic carbocycles. The van der Waals surface area contributed by atoms with E-state index in [0.29, 0.717) is 6.00 Å². The van der Waals surface area contributed by atoms with E-state index in [1.165, 1.54) is 4.90 Å². The maximum Gasteiger partial charge on any atom is 0.0925 e. The second-order valence-corrected chi connectivity index (χ2v) is 4.32. The van der Waals surface area contributed by atoms with Crippen molar-refractivity contribution in [3.8, 4) is 0 Å². The maximum atomic E-state index is 5.71. The molecule has 0 aliphatic carbocycles. The highest BCUT2D eigenvalue weighted by Crippen LogP contribution is 2.21. The van der Waals surface area contributed by atoms with Crippen LogP contribution < -0.4 is 4.90 Å². The van der Waals surface area contributed by atoms with Gasteiger partial charge in [0.2, 0.25) is 0 Å². The molecule has 1 rings (SSSR count). The number of hydrogen-bond donors (Lipinski definition) is 0. The summed E-state index contributed by atoms with van der Waals surface area (Å²) in [5, 5.41) is 0. The molecule has 0 unspecified atom stereocenters. The molecule has 0 atom stereocenters. The monoisotopic (exact) mass is 215 g/mol. The molecular weight excluding hydrogens is 202 g/mol. The Bertz CT molecular complexity index is 248. The Labute approximate surface area is 89.1 Å². The fourth-order valence-electron chi connectivity index (χ4n) is 1.03. The molecule has 13 heavy (non-hydrogen) atoms. The molecular formula is C10H14ClNS. The molecule has 0 amide bonds. The number of halogens is 1. The predicted octanol–water partition coefficient (Wildman–Crippen LogP) is 3.43. The Hall–Kier alpha value is -0.340. The van der Waals surface area contributed by atoms with Crippen LogP contribution in [0.25, 0.3) is 0 Å². The van der Waals surface area contributed by atoms with Crippen LogP contribution in [-0.2, 0) is 0 Å². The number of benzene rings is 1. The first-order valence-electron chi connectivity index (χ1n) is 4.28. The fraction of sp³-hybridized carbons (Fsp3) is 0.400. The first kappa shape index (κ1) is 10.7. The summed E-state index contributed by atoms with van der Waals surface area (Å²) in [4.78, 5) is 3.32. The largest absolute Gasteiger partial charge is 0.361 e. The zero-order valence-electron chi connectivity index (χ0n) is 7.96. The van der Waals surface area contributed by atoms with Gasteiger partial charge in [-0.3, -0.25) is 0 Å². The quantitative estimate of drug-likeness (QED) is 0.430. The van der Waals surface area contributed by atoms with Crippen molar-refractivity contribution in [3.63, 3.8) is 0 Å². The van der Waals surface area contributed by atoms with E-state index in [-0.39, 0.29) is 0 Å². The van der Waals surface area contributed by atoms with Crippen LogP contribution in [-0.4, -0.2) is 18.8 Å². The number of rotatable bonds is 4.